The van der Waals surface area contributed by atoms with E-state index in [9.17, 15) is 14.2 Å². The van der Waals surface area contributed by atoms with Crippen LogP contribution in [0.1, 0.15) is 56.8 Å². The van der Waals surface area contributed by atoms with Crippen molar-refractivity contribution in [3.05, 3.63) is 47.5 Å². The molecular weight excluding hydrogens is 545 g/mol. The minimum atomic E-state index is -3.85. The highest BCUT2D eigenvalue weighted by molar-refractivity contribution is 7.60. The highest BCUT2D eigenvalue weighted by Gasteiger charge is 2.40. The second-order valence-corrected chi connectivity index (χ2v) is 12.8. The molecule has 3 aromatic rings. The summed E-state index contributed by atoms with van der Waals surface area (Å²) in [6, 6.07) is 6.15. The number of nitrogens with two attached hydrogens (primary N) is 1. The van der Waals surface area contributed by atoms with Crippen molar-refractivity contribution in [3.8, 4) is 0 Å². The number of benzene rings is 1. The van der Waals surface area contributed by atoms with Crippen molar-refractivity contribution in [1.29, 1.82) is 0 Å². The largest absolute Gasteiger partial charge is 0.461 e. The highest BCUT2D eigenvalue weighted by atomic mass is 35.5. The van der Waals surface area contributed by atoms with Crippen LogP contribution in [0.3, 0.4) is 0 Å². The van der Waals surface area contributed by atoms with Gasteiger partial charge in [0.25, 0.3) is 13.4 Å². The molecule has 1 aliphatic carbocycles. The number of carbonyl (C=O) groups excluding carboxylic acids is 2. The summed E-state index contributed by atoms with van der Waals surface area (Å²) in [6.45, 7) is 5.22. The van der Waals surface area contributed by atoms with Gasteiger partial charge >= 0.3 is 5.97 Å². The Morgan fingerprint density at radius 2 is 1.90 bits per heavy atom. The topological polar surface area (TPSA) is 163 Å². The van der Waals surface area contributed by atoms with Gasteiger partial charge in [0.1, 0.15) is 29.8 Å². The zero-order valence-electron chi connectivity index (χ0n) is 22.1. The molecule has 0 aliphatic heterocycles. The van der Waals surface area contributed by atoms with Crippen LogP contribution < -0.4 is 15.9 Å². The molecule has 1 amide bonds. The van der Waals surface area contributed by atoms with Crippen molar-refractivity contribution in [2.75, 3.05) is 12.1 Å². The first-order valence-corrected chi connectivity index (χ1v) is 14.9. The summed E-state index contributed by atoms with van der Waals surface area (Å²) >= 11 is 5.94. The van der Waals surface area contributed by atoms with Crippen LogP contribution in [0.5, 0.6) is 0 Å². The molecule has 14 heteroatoms. The first-order valence-electron chi connectivity index (χ1n) is 12.7. The van der Waals surface area contributed by atoms with E-state index in [2.05, 4.69) is 25.1 Å². The minimum absolute atomic E-state index is 0.166. The van der Waals surface area contributed by atoms with Crippen molar-refractivity contribution < 1.29 is 23.6 Å². The summed E-state index contributed by atoms with van der Waals surface area (Å²) in [5.74, 6) is -0.894. The number of halogens is 1. The normalized spacial score (nSPS) is 16.6. The Hall–Kier alpha value is -3.05. The molecule has 4 N–H and O–H groups in total. The van der Waals surface area contributed by atoms with Gasteiger partial charge in [0.05, 0.1) is 19.0 Å². The van der Waals surface area contributed by atoms with Gasteiger partial charge in [-0.15, -0.1) is 0 Å². The Morgan fingerprint density at radius 3 is 2.59 bits per heavy atom. The second-order valence-electron chi connectivity index (χ2n) is 10.2. The molecule has 210 valence electrons. The van der Waals surface area contributed by atoms with E-state index in [-0.39, 0.29) is 17.5 Å². The minimum Gasteiger partial charge on any atom is -0.461 e. The number of nitrogens with zero attached hydrogens (tertiary/aromatic N) is 4. The fraction of sp³-hybridized carbons (Fsp3) is 0.480. The number of hydrogen-bond donors (Lipinski definition) is 3. The first-order chi connectivity index (χ1) is 18.5. The van der Waals surface area contributed by atoms with Crippen LogP contribution in [0.4, 0.5) is 5.82 Å². The summed E-state index contributed by atoms with van der Waals surface area (Å²) in [4.78, 5) is 38.4. The summed E-state index contributed by atoms with van der Waals surface area (Å²) in [7, 11) is -3.85. The van der Waals surface area contributed by atoms with Gasteiger partial charge in [-0.3, -0.25) is 19.2 Å². The van der Waals surface area contributed by atoms with Gasteiger partial charge < -0.3 is 19.8 Å². The maximum Gasteiger partial charge on any atom is 0.326 e. The van der Waals surface area contributed by atoms with E-state index < -0.39 is 37.3 Å². The second kappa shape index (κ2) is 12.0. The molecule has 4 rings (SSSR count). The number of carbonyl (C=O) groups is 2. The Morgan fingerprint density at radius 1 is 1.21 bits per heavy atom. The van der Waals surface area contributed by atoms with E-state index in [1.54, 1.807) is 43.8 Å². The number of amides is 1. The molecule has 39 heavy (non-hydrogen) atoms. The molecule has 2 heterocycles. The number of rotatable bonds is 11. The third-order valence-corrected chi connectivity index (χ3v) is 8.61. The predicted octanol–water partition coefficient (Wildman–Crippen LogP) is 3.90. The fourth-order valence-corrected chi connectivity index (χ4v) is 6.55. The number of imidazole rings is 1. The molecule has 12 nitrogen and oxygen atoms in total. The lowest BCUT2D eigenvalue weighted by atomic mass is 10.1. The van der Waals surface area contributed by atoms with Crippen LogP contribution in [0, 0.1) is 0 Å². The van der Waals surface area contributed by atoms with Crippen molar-refractivity contribution in [1.82, 2.24) is 29.7 Å². The third kappa shape index (κ3) is 7.33. The van der Waals surface area contributed by atoms with Crippen molar-refractivity contribution in [3.63, 3.8) is 0 Å². The Bertz CT molecular complexity index is 1370. The van der Waals surface area contributed by atoms with Gasteiger partial charge in [-0.05, 0) is 70.7 Å². The third-order valence-electron chi connectivity index (χ3n) is 6.36. The highest BCUT2D eigenvalue weighted by Crippen LogP contribution is 2.40. The standard InChI is InChI=1S/C25H33ClN7O5P/c1-16(12-33-14-30-20-21(27)28-13-29-22(20)33)37-15-39(36,31-23(34)17-8-10-18(26)11-9-17)32-25(2,3)24(35)38-19-6-4-5-7-19/h8-11,13-14,16,19H,4-7,12,15H2,1-3H3,(H2,27,28,29)(H2,31,32,34,36)/t16-,39?/m1/s1. The van der Waals surface area contributed by atoms with Crippen LogP contribution in [-0.2, 0) is 25.4 Å². The van der Waals surface area contributed by atoms with Gasteiger partial charge in [-0.25, -0.2) is 20.0 Å². The molecule has 1 aromatic carbocycles. The summed E-state index contributed by atoms with van der Waals surface area (Å²) in [6.07, 6.45) is 5.47. The number of nitrogens with one attached hydrogen (secondary N) is 2. The molecule has 2 aromatic heterocycles. The average molecular weight is 578 g/mol. The number of nitrogen functional groups attached to an aromatic ring is 1. The van der Waals surface area contributed by atoms with Gasteiger partial charge in [0, 0.05) is 10.6 Å². The predicted molar refractivity (Wildman–Crippen MR) is 147 cm³/mol. The van der Waals surface area contributed by atoms with Gasteiger partial charge in [0.2, 0.25) is 0 Å². The monoisotopic (exact) mass is 577 g/mol. The van der Waals surface area contributed by atoms with Crippen molar-refractivity contribution >= 4 is 47.9 Å². The average Bonchev–Trinajstić information content (AvgIpc) is 3.54. The molecular formula is C25H33ClN7O5P. The molecule has 0 radical (unpaired) electrons. The maximum atomic E-state index is 14.1. The fourth-order valence-electron chi connectivity index (χ4n) is 4.32. The SMILES string of the molecule is C[C@H](Cn1cnc2c(N)ncnc21)OCP(=O)(NC(=O)c1ccc(Cl)cc1)NC(C)(C)C(=O)OC1CCCC1. The van der Waals surface area contributed by atoms with Gasteiger partial charge in [0.15, 0.2) is 11.5 Å². The smallest absolute Gasteiger partial charge is 0.326 e. The number of fused-ring (bicyclic) bond motifs is 1. The van der Waals surface area contributed by atoms with E-state index in [0.29, 0.717) is 22.7 Å². The first kappa shape index (κ1) is 28.9. The lowest BCUT2D eigenvalue weighted by Crippen LogP contribution is -2.50. The molecule has 1 aliphatic rings. The molecule has 0 spiro atoms. The van der Waals surface area contributed by atoms with Crippen molar-refractivity contribution in [2.24, 2.45) is 0 Å². The lowest BCUT2D eigenvalue weighted by molar-refractivity contribution is -0.154. The van der Waals surface area contributed by atoms with Crippen LogP contribution in [-0.4, -0.2) is 55.5 Å². The summed E-state index contributed by atoms with van der Waals surface area (Å²) in [5, 5.41) is 5.87. The van der Waals surface area contributed by atoms with E-state index in [1.807, 2.05) is 0 Å². The quantitative estimate of drug-likeness (QED) is 0.225. The summed E-state index contributed by atoms with van der Waals surface area (Å²) in [5.41, 5.74) is 5.75. The maximum absolute atomic E-state index is 14.1. The van der Waals surface area contributed by atoms with E-state index in [4.69, 9.17) is 26.8 Å². The zero-order chi connectivity index (χ0) is 28.2. The molecule has 0 bridgehead atoms. The number of aromatic nitrogens is 4. The Balaban J connectivity index is 1.48. The molecule has 0 saturated heterocycles. The Labute approximate surface area is 231 Å². The lowest BCUT2D eigenvalue weighted by Gasteiger charge is -2.32. The molecule has 1 fully saturated rings. The van der Waals surface area contributed by atoms with Crippen LogP contribution in [0.2, 0.25) is 5.02 Å². The number of hydrogen-bond acceptors (Lipinski definition) is 9. The van der Waals surface area contributed by atoms with E-state index in [0.717, 1.165) is 25.7 Å². The van der Waals surface area contributed by atoms with E-state index in [1.165, 1.54) is 18.5 Å². The molecule has 1 unspecified atom stereocenters. The summed E-state index contributed by atoms with van der Waals surface area (Å²) < 4.78 is 27.5. The van der Waals surface area contributed by atoms with Crippen LogP contribution >= 0.6 is 19.0 Å². The number of ether oxygens (including phenoxy) is 2. The van der Waals surface area contributed by atoms with Crippen molar-refractivity contribution in [2.45, 2.75) is 70.7 Å². The molecule has 2 atom stereocenters. The number of esters is 1. The zero-order valence-corrected chi connectivity index (χ0v) is 23.7. The van der Waals surface area contributed by atoms with Crippen LogP contribution in [0.25, 0.3) is 11.2 Å². The van der Waals surface area contributed by atoms with E-state index >= 15 is 0 Å². The molecule has 1 saturated carbocycles. The van der Waals surface area contributed by atoms with Crippen LogP contribution in [0.15, 0.2) is 36.9 Å². The van der Waals surface area contributed by atoms with Gasteiger partial charge in [-0.2, -0.15) is 0 Å². The number of anilines is 1. The Kier molecular flexibility index (Phi) is 8.90. The van der Waals surface area contributed by atoms with Gasteiger partial charge in [-0.1, -0.05) is 11.6 Å².